The summed E-state index contributed by atoms with van der Waals surface area (Å²) in [7, 11) is 1.68. The molecule has 0 bridgehead atoms. The van der Waals surface area contributed by atoms with Gasteiger partial charge in [-0.1, -0.05) is 13.0 Å². The van der Waals surface area contributed by atoms with Crippen molar-refractivity contribution in [1.82, 2.24) is 0 Å². The largest absolute Gasteiger partial charge is 0.496 e. The summed E-state index contributed by atoms with van der Waals surface area (Å²) in [6, 6.07) is 6.21. The molecule has 16 heavy (non-hydrogen) atoms. The van der Waals surface area contributed by atoms with Crippen LogP contribution < -0.4 is 4.74 Å². The van der Waals surface area contributed by atoms with E-state index in [2.05, 4.69) is 19.1 Å². The van der Waals surface area contributed by atoms with E-state index in [1.165, 1.54) is 5.56 Å². The number of benzene rings is 1. The van der Waals surface area contributed by atoms with Gasteiger partial charge in [0.25, 0.3) is 0 Å². The Labute approximate surface area is 102 Å². The van der Waals surface area contributed by atoms with E-state index in [1.807, 2.05) is 19.9 Å². The summed E-state index contributed by atoms with van der Waals surface area (Å²) < 4.78 is 5.15. The minimum absolute atomic E-state index is 0.150. The van der Waals surface area contributed by atoms with Crippen LogP contribution in [0.1, 0.15) is 26.3 Å². The van der Waals surface area contributed by atoms with Gasteiger partial charge in [0.2, 0.25) is 0 Å². The van der Waals surface area contributed by atoms with Crippen molar-refractivity contribution in [3.63, 3.8) is 0 Å². The zero-order valence-electron chi connectivity index (χ0n) is 10.4. The van der Waals surface area contributed by atoms with Gasteiger partial charge in [-0.2, -0.15) is 0 Å². The number of methoxy groups -OCH3 is 1. The number of aliphatic hydroxyl groups excluding tert-OH is 1. The molecule has 0 aliphatic heterocycles. The van der Waals surface area contributed by atoms with Gasteiger partial charge in [0, 0.05) is 4.75 Å². The van der Waals surface area contributed by atoms with E-state index < -0.39 is 0 Å². The smallest absolute Gasteiger partial charge is 0.132 e. The summed E-state index contributed by atoms with van der Waals surface area (Å²) in [5.41, 5.74) is 1.29. The average Bonchev–Trinajstić information content (AvgIpc) is 2.28. The summed E-state index contributed by atoms with van der Waals surface area (Å²) in [5, 5.41) is 9.28. The molecule has 0 aromatic heterocycles. The van der Waals surface area contributed by atoms with Crippen molar-refractivity contribution >= 4 is 11.8 Å². The molecule has 0 saturated heterocycles. The van der Waals surface area contributed by atoms with E-state index in [4.69, 9.17) is 4.74 Å². The van der Waals surface area contributed by atoms with Crippen LogP contribution in [0, 0.1) is 0 Å². The number of rotatable bonds is 5. The van der Waals surface area contributed by atoms with Crippen LogP contribution in [-0.4, -0.2) is 23.6 Å². The van der Waals surface area contributed by atoms with Crippen molar-refractivity contribution in [3.05, 3.63) is 23.8 Å². The lowest BCUT2D eigenvalue weighted by Gasteiger charge is -2.22. The van der Waals surface area contributed by atoms with Crippen molar-refractivity contribution in [2.75, 3.05) is 13.7 Å². The second-order valence-corrected chi connectivity index (χ2v) is 6.11. The zero-order chi connectivity index (χ0) is 12.2. The van der Waals surface area contributed by atoms with Crippen LogP contribution in [0.2, 0.25) is 0 Å². The Kier molecular flexibility index (Phi) is 4.69. The molecule has 0 atom stereocenters. The van der Waals surface area contributed by atoms with Crippen LogP contribution >= 0.6 is 11.8 Å². The lowest BCUT2D eigenvalue weighted by molar-refractivity contribution is 0.265. The molecular weight excluding hydrogens is 220 g/mol. The van der Waals surface area contributed by atoms with Gasteiger partial charge < -0.3 is 9.84 Å². The fourth-order valence-corrected chi connectivity index (χ4v) is 2.47. The topological polar surface area (TPSA) is 29.5 Å². The number of hydrogen-bond donors (Lipinski definition) is 1. The molecule has 0 spiro atoms. The maximum absolute atomic E-state index is 9.28. The molecule has 2 nitrogen and oxygen atoms in total. The molecule has 0 unspecified atom stereocenters. The Morgan fingerprint density at radius 1 is 1.38 bits per heavy atom. The minimum Gasteiger partial charge on any atom is -0.496 e. The van der Waals surface area contributed by atoms with Gasteiger partial charge in [-0.25, -0.2) is 0 Å². The van der Waals surface area contributed by atoms with Crippen LogP contribution in [0.5, 0.6) is 5.75 Å². The molecule has 0 radical (unpaired) electrons. The van der Waals surface area contributed by atoms with Crippen molar-refractivity contribution in [2.24, 2.45) is 0 Å². The van der Waals surface area contributed by atoms with Gasteiger partial charge in [-0.05, 0) is 38.0 Å². The third-order valence-corrected chi connectivity index (χ3v) is 3.62. The van der Waals surface area contributed by atoms with E-state index >= 15 is 0 Å². The molecule has 0 amide bonds. The fourth-order valence-electron chi connectivity index (χ4n) is 1.35. The Morgan fingerprint density at radius 3 is 2.56 bits per heavy atom. The number of hydrogen-bond acceptors (Lipinski definition) is 3. The Morgan fingerprint density at radius 2 is 2.06 bits per heavy atom. The molecule has 1 aromatic carbocycles. The van der Waals surface area contributed by atoms with Crippen molar-refractivity contribution in [3.8, 4) is 5.75 Å². The molecule has 0 fully saturated rings. The predicted molar refractivity (Wildman–Crippen MR) is 69.4 cm³/mol. The first-order valence-corrected chi connectivity index (χ1v) is 6.31. The van der Waals surface area contributed by atoms with Crippen LogP contribution in [0.4, 0.5) is 0 Å². The summed E-state index contributed by atoms with van der Waals surface area (Å²) in [5.74, 6) is 0.878. The predicted octanol–water partition coefficient (Wildman–Crippen LogP) is 3.12. The highest BCUT2D eigenvalue weighted by Gasteiger charge is 2.20. The molecule has 1 rings (SSSR count). The molecule has 0 heterocycles. The normalized spacial score (nSPS) is 11.6. The first-order valence-electron chi connectivity index (χ1n) is 5.49. The number of ether oxygens (including phenoxy) is 1. The second kappa shape index (κ2) is 5.60. The molecule has 0 aliphatic carbocycles. The first-order chi connectivity index (χ1) is 7.52. The van der Waals surface area contributed by atoms with Gasteiger partial charge in [0.05, 0.1) is 18.6 Å². The van der Waals surface area contributed by atoms with E-state index in [9.17, 15) is 5.11 Å². The van der Waals surface area contributed by atoms with Crippen LogP contribution in [0.25, 0.3) is 0 Å². The Bertz CT molecular complexity index is 348. The lowest BCUT2D eigenvalue weighted by atomic mass is 10.2. The van der Waals surface area contributed by atoms with Gasteiger partial charge in [0.1, 0.15) is 5.75 Å². The van der Waals surface area contributed by atoms with Gasteiger partial charge in [-0.3, -0.25) is 0 Å². The summed E-state index contributed by atoms with van der Waals surface area (Å²) in [6.45, 7) is 6.33. The number of thioether (sulfide) groups is 1. The average molecular weight is 240 g/mol. The molecule has 1 aromatic rings. The van der Waals surface area contributed by atoms with E-state index in [0.717, 1.165) is 17.1 Å². The number of aliphatic hydroxyl groups is 1. The lowest BCUT2D eigenvalue weighted by Crippen LogP contribution is -2.19. The standard InChI is InChI=1S/C13H20O2S/c1-5-10-6-7-11(15-4)12(8-10)16-13(2,3)9-14/h6-8,14H,5,9H2,1-4H3. The monoisotopic (exact) mass is 240 g/mol. The van der Waals surface area contributed by atoms with Crippen LogP contribution in [-0.2, 0) is 6.42 Å². The highest BCUT2D eigenvalue weighted by atomic mass is 32.2. The van der Waals surface area contributed by atoms with Crippen LogP contribution in [0.15, 0.2) is 23.1 Å². The Hall–Kier alpha value is -0.670. The van der Waals surface area contributed by atoms with Crippen molar-refractivity contribution in [2.45, 2.75) is 36.8 Å². The highest BCUT2D eigenvalue weighted by Crippen LogP contribution is 2.38. The van der Waals surface area contributed by atoms with E-state index in [1.54, 1.807) is 18.9 Å². The van der Waals surface area contributed by atoms with Gasteiger partial charge in [0.15, 0.2) is 0 Å². The van der Waals surface area contributed by atoms with Gasteiger partial charge >= 0.3 is 0 Å². The summed E-state index contributed by atoms with van der Waals surface area (Å²) in [6.07, 6.45) is 1.01. The SMILES string of the molecule is CCc1ccc(OC)c(SC(C)(C)CO)c1. The Balaban J connectivity index is 3.00. The third kappa shape index (κ3) is 3.42. The molecule has 0 saturated carbocycles. The second-order valence-electron chi connectivity index (χ2n) is 4.36. The molecule has 90 valence electrons. The maximum Gasteiger partial charge on any atom is 0.132 e. The van der Waals surface area contributed by atoms with Crippen molar-refractivity contribution < 1.29 is 9.84 Å². The number of aryl methyl sites for hydroxylation is 1. The maximum atomic E-state index is 9.28. The van der Waals surface area contributed by atoms with E-state index in [-0.39, 0.29) is 11.4 Å². The molecular formula is C13H20O2S. The summed E-state index contributed by atoms with van der Waals surface area (Å²) >= 11 is 1.65. The molecule has 3 heteroatoms. The first kappa shape index (κ1) is 13.4. The van der Waals surface area contributed by atoms with Gasteiger partial charge in [-0.15, -0.1) is 11.8 Å². The third-order valence-electron chi connectivity index (χ3n) is 2.40. The highest BCUT2D eigenvalue weighted by molar-refractivity contribution is 8.00. The van der Waals surface area contributed by atoms with E-state index in [0.29, 0.717) is 0 Å². The van der Waals surface area contributed by atoms with Crippen molar-refractivity contribution in [1.29, 1.82) is 0 Å². The van der Waals surface area contributed by atoms with Crippen LogP contribution in [0.3, 0.4) is 0 Å². The fraction of sp³-hybridized carbons (Fsp3) is 0.538. The molecule has 1 N–H and O–H groups in total. The minimum atomic E-state index is -0.181. The zero-order valence-corrected chi connectivity index (χ0v) is 11.2. The molecule has 0 aliphatic rings. The quantitative estimate of drug-likeness (QED) is 0.802. The summed E-state index contributed by atoms with van der Waals surface area (Å²) in [4.78, 5) is 1.10.